The molecule has 1 aromatic rings. The molecule has 0 saturated carbocycles. The Bertz CT molecular complexity index is 303. The zero-order chi connectivity index (χ0) is 11.6. The highest BCUT2D eigenvalue weighted by molar-refractivity contribution is 5.70. The maximum Gasteiger partial charge on any atom is 0.171 e. The zero-order valence-electron chi connectivity index (χ0n) is 9.04. The summed E-state index contributed by atoms with van der Waals surface area (Å²) < 4.78 is 12.0. The maximum atomic E-state index is 10.3. The molecule has 0 aliphatic carbocycles. The number of carbonyl (C=O) groups excluding carboxylic acids is 1. The van der Waals surface area contributed by atoms with Crippen molar-refractivity contribution in [2.45, 2.75) is 6.54 Å². The van der Waals surface area contributed by atoms with E-state index in [0.717, 1.165) is 0 Å². The summed E-state index contributed by atoms with van der Waals surface area (Å²) in [5.41, 5.74) is 5.57. The lowest BCUT2D eigenvalue weighted by atomic mass is 10.5. The van der Waals surface area contributed by atoms with Crippen LogP contribution in [0.4, 0.5) is 0 Å². The number of rotatable bonds is 9. The number of aromatic nitrogens is 3. The third kappa shape index (κ3) is 4.96. The largest absolute Gasteiger partial charge is 0.378 e. The van der Waals surface area contributed by atoms with E-state index in [0.29, 0.717) is 51.5 Å². The third-order valence-electron chi connectivity index (χ3n) is 1.78. The minimum Gasteiger partial charge on any atom is -0.378 e. The molecule has 0 unspecified atom stereocenters. The highest BCUT2D eigenvalue weighted by atomic mass is 16.5. The van der Waals surface area contributed by atoms with Crippen molar-refractivity contribution >= 4 is 6.29 Å². The molecule has 2 N–H and O–H groups in total. The summed E-state index contributed by atoms with van der Waals surface area (Å²) in [4.78, 5) is 10.3. The van der Waals surface area contributed by atoms with E-state index in [-0.39, 0.29) is 0 Å². The molecule has 0 aromatic carbocycles. The standard InChI is InChI=1S/C9H16N4O3/c10-1-3-15-5-6-16-4-2-13-7-9(8-14)11-12-13/h7-8H,1-6,10H2. The molecular weight excluding hydrogens is 212 g/mol. The fourth-order valence-corrected chi connectivity index (χ4v) is 1.04. The number of hydrogen-bond donors (Lipinski definition) is 1. The summed E-state index contributed by atoms with van der Waals surface area (Å²) in [7, 11) is 0. The van der Waals surface area contributed by atoms with Crippen molar-refractivity contribution in [2.75, 3.05) is 33.0 Å². The van der Waals surface area contributed by atoms with Crippen LogP contribution in [0, 0.1) is 0 Å². The van der Waals surface area contributed by atoms with Crippen molar-refractivity contribution in [1.29, 1.82) is 0 Å². The van der Waals surface area contributed by atoms with Gasteiger partial charge < -0.3 is 15.2 Å². The van der Waals surface area contributed by atoms with Gasteiger partial charge in [-0.2, -0.15) is 0 Å². The summed E-state index contributed by atoms with van der Waals surface area (Å²) in [5.74, 6) is 0. The SMILES string of the molecule is NCCOCCOCCn1cc(C=O)nn1. The highest BCUT2D eigenvalue weighted by Gasteiger charge is 1.98. The molecule has 0 spiro atoms. The second kappa shape index (κ2) is 7.91. The number of ether oxygens (including phenoxy) is 2. The van der Waals surface area contributed by atoms with E-state index in [1.165, 1.54) is 0 Å². The van der Waals surface area contributed by atoms with E-state index in [1.807, 2.05) is 0 Å². The van der Waals surface area contributed by atoms with Crippen LogP contribution in [0.3, 0.4) is 0 Å². The Hall–Kier alpha value is -1.31. The average Bonchev–Trinajstić information content (AvgIpc) is 2.76. The van der Waals surface area contributed by atoms with E-state index in [2.05, 4.69) is 10.3 Å². The molecule has 7 heteroatoms. The number of carbonyl (C=O) groups is 1. The molecule has 0 atom stereocenters. The summed E-state index contributed by atoms with van der Waals surface area (Å²) in [6.45, 7) is 3.21. The molecule has 0 amide bonds. The quantitative estimate of drug-likeness (QED) is 0.434. The van der Waals surface area contributed by atoms with Crippen molar-refractivity contribution in [3.8, 4) is 0 Å². The summed E-state index contributed by atoms with van der Waals surface area (Å²) in [6.07, 6.45) is 2.23. The van der Waals surface area contributed by atoms with Crippen molar-refractivity contribution in [2.24, 2.45) is 5.73 Å². The molecular formula is C9H16N4O3. The van der Waals surface area contributed by atoms with Crippen molar-refractivity contribution in [3.05, 3.63) is 11.9 Å². The van der Waals surface area contributed by atoms with Crippen LogP contribution in [0.2, 0.25) is 0 Å². The monoisotopic (exact) mass is 228 g/mol. The van der Waals surface area contributed by atoms with Crippen LogP contribution >= 0.6 is 0 Å². The van der Waals surface area contributed by atoms with Gasteiger partial charge in [0, 0.05) is 6.54 Å². The fourth-order valence-electron chi connectivity index (χ4n) is 1.04. The molecule has 0 fully saturated rings. The number of nitrogens with zero attached hydrogens (tertiary/aromatic N) is 3. The molecule has 16 heavy (non-hydrogen) atoms. The van der Waals surface area contributed by atoms with Gasteiger partial charge in [-0.15, -0.1) is 5.10 Å². The second-order valence-corrected chi connectivity index (χ2v) is 3.04. The van der Waals surface area contributed by atoms with Crippen LogP contribution in [0.5, 0.6) is 0 Å². The minimum absolute atomic E-state index is 0.325. The Morgan fingerprint density at radius 3 is 2.69 bits per heavy atom. The van der Waals surface area contributed by atoms with Crippen LogP contribution in [-0.2, 0) is 16.0 Å². The van der Waals surface area contributed by atoms with Gasteiger partial charge in [-0.3, -0.25) is 4.79 Å². The zero-order valence-corrected chi connectivity index (χ0v) is 9.04. The fraction of sp³-hybridized carbons (Fsp3) is 0.667. The molecule has 0 aliphatic rings. The molecule has 1 heterocycles. The maximum absolute atomic E-state index is 10.3. The molecule has 1 rings (SSSR count). The van der Waals surface area contributed by atoms with E-state index >= 15 is 0 Å². The van der Waals surface area contributed by atoms with Gasteiger partial charge in [0.2, 0.25) is 0 Å². The smallest absolute Gasteiger partial charge is 0.171 e. The van der Waals surface area contributed by atoms with Gasteiger partial charge in [-0.1, -0.05) is 5.21 Å². The Kier molecular flexibility index (Phi) is 6.31. The number of nitrogens with two attached hydrogens (primary N) is 1. The first-order valence-electron chi connectivity index (χ1n) is 5.07. The molecule has 7 nitrogen and oxygen atoms in total. The van der Waals surface area contributed by atoms with Gasteiger partial charge >= 0.3 is 0 Å². The highest BCUT2D eigenvalue weighted by Crippen LogP contribution is 1.89. The molecule has 0 aliphatic heterocycles. The lowest BCUT2D eigenvalue weighted by molar-refractivity contribution is 0.0466. The number of aldehydes is 1. The normalized spacial score (nSPS) is 10.6. The second-order valence-electron chi connectivity index (χ2n) is 3.04. The van der Waals surface area contributed by atoms with Gasteiger partial charge in [0.25, 0.3) is 0 Å². The van der Waals surface area contributed by atoms with Gasteiger partial charge in [0.05, 0.1) is 39.2 Å². The van der Waals surface area contributed by atoms with E-state index < -0.39 is 0 Å². The van der Waals surface area contributed by atoms with Crippen LogP contribution in [0.1, 0.15) is 10.5 Å². The van der Waals surface area contributed by atoms with E-state index in [4.69, 9.17) is 15.2 Å². The molecule has 0 bridgehead atoms. The van der Waals surface area contributed by atoms with Crippen LogP contribution in [0.25, 0.3) is 0 Å². The predicted molar refractivity (Wildman–Crippen MR) is 56.1 cm³/mol. The summed E-state index contributed by atoms with van der Waals surface area (Å²) in [5, 5.41) is 7.37. The van der Waals surface area contributed by atoms with Gasteiger partial charge in [-0.05, 0) is 0 Å². The Balaban J connectivity index is 2.00. The van der Waals surface area contributed by atoms with Gasteiger partial charge in [-0.25, -0.2) is 4.68 Å². The summed E-state index contributed by atoms with van der Waals surface area (Å²) >= 11 is 0. The lowest BCUT2D eigenvalue weighted by Crippen LogP contribution is -2.13. The molecule has 0 radical (unpaired) electrons. The van der Waals surface area contributed by atoms with Crippen molar-refractivity contribution in [3.63, 3.8) is 0 Å². The topological polar surface area (TPSA) is 92.3 Å². The first-order valence-corrected chi connectivity index (χ1v) is 5.07. The lowest BCUT2D eigenvalue weighted by Gasteiger charge is -2.04. The predicted octanol–water partition coefficient (Wildman–Crippen LogP) is -0.917. The summed E-state index contributed by atoms with van der Waals surface area (Å²) in [6, 6.07) is 0. The van der Waals surface area contributed by atoms with Crippen molar-refractivity contribution < 1.29 is 14.3 Å². The third-order valence-corrected chi connectivity index (χ3v) is 1.78. The van der Waals surface area contributed by atoms with Gasteiger partial charge in [0.15, 0.2) is 6.29 Å². The number of hydrogen-bond acceptors (Lipinski definition) is 6. The van der Waals surface area contributed by atoms with E-state index in [1.54, 1.807) is 10.9 Å². The Labute approximate surface area is 93.5 Å². The Morgan fingerprint density at radius 2 is 2.06 bits per heavy atom. The Morgan fingerprint density at radius 1 is 1.31 bits per heavy atom. The first kappa shape index (κ1) is 12.8. The van der Waals surface area contributed by atoms with Crippen LogP contribution < -0.4 is 5.73 Å². The first-order chi connectivity index (χ1) is 7.86. The molecule has 1 aromatic heterocycles. The van der Waals surface area contributed by atoms with Crippen LogP contribution in [0.15, 0.2) is 6.20 Å². The van der Waals surface area contributed by atoms with E-state index in [9.17, 15) is 4.79 Å². The van der Waals surface area contributed by atoms with Crippen molar-refractivity contribution in [1.82, 2.24) is 15.0 Å². The molecule has 90 valence electrons. The van der Waals surface area contributed by atoms with Crippen LogP contribution in [-0.4, -0.2) is 54.3 Å². The average molecular weight is 228 g/mol. The molecule has 0 saturated heterocycles. The minimum atomic E-state index is 0.325. The van der Waals surface area contributed by atoms with Gasteiger partial charge in [0.1, 0.15) is 5.69 Å².